The van der Waals surface area contributed by atoms with E-state index in [-0.39, 0.29) is 10.8 Å². The van der Waals surface area contributed by atoms with E-state index < -0.39 is 16.1 Å². The second-order valence-corrected chi connectivity index (χ2v) is 6.83. The Kier molecular flexibility index (Phi) is 3.62. The second-order valence-electron chi connectivity index (χ2n) is 4.68. The number of benzene rings is 1. The maximum absolute atomic E-state index is 11.9. The molecule has 1 aliphatic rings. The van der Waals surface area contributed by atoms with Gasteiger partial charge in [0.15, 0.2) is 0 Å². The van der Waals surface area contributed by atoms with Crippen LogP contribution in [0.2, 0.25) is 0 Å². The molecule has 0 radical (unpaired) electrons. The summed E-state index contributed by atoms with van der Waals surface area (Å²) in [5.74, 6) is -0.195. The third-order valence-electron chi connectivity index (χ3n) is 3.03. The number of carbonyl (C=O) groups excluding carboxylic acids is 1. The number of nitrogens with zero attached hydrogens (tertiary/aromatic N) is 2. The van der Waals surface area contributed by atoms with Crippen molar-refractivity contribution in [2.45, 2.75) is 11.0 Å². The zero-order valence-corrected chi connectivity index (χ0v) is 11.6. The van der Waals surface area contributed by atoms with Crippen LogP contribution in [0.1, 0.15) is 10.4 Å². The summed E-state index contributed by atoms with van der Waals surface area (Å²) in [6.45, 7) is 0.660. The minimum Gasteiger partial charge on any atom is -0.389 e. The summed E-state index contributed by atoms with van der Waals surface area (Å²) in [6, 6.07) is 5.81. The van der Waals surface area contributed by atoms with Crippen molar-refractivity contribution in [2.24, 2.45) is 0 Å². The van der Waals surface area contributed by atoms with Crippen molar-refractivity contribution in [3.05, 3.63) is 29.8 Å². The quantitative estimate of drug-likeness (QED) is 0.830. The number of sulfonamides is 1. The zero-order valence-electron chi connectivity index (χ0n) is 10.8. The summed E-state index contributed by atoms with van der Waals surface area (Å²) in [4.78, 5) is 13.6. The smallest absolute Gasteiger partial charge is 0.254 e. The van der Waals surface area contributed by atoms with Crippen LogP contribution in [0.3, 0.4) is 0 Å². The Morgan fingerprint density at radius 2 is 1.79 bits per heavy atom. The summed E-state index contributed by atoms with van der Waals surface area (Å²) in [5.41, 5.74) is 0.421. The van der Waals surface area contributed by atoms with E-state index in [4.69, 9.17) is 5.11 Å². The molecule has 2 rings (SSSR count). The number of hydrogen-bond donors (Lipinski definition) is 1. The first-order chi connectivity index (χ1) is 8.82. The van der Waals surface area contributed by atoms with Crippen LogP contribution < -0.4 is 0 Å². The van der Waals surface area contributed by atoms with Crippen molar-refractivity contribution in [3.63, 3.8) is 0 Å². The van der Waals surface area contributed by atoms with Crippen LogP contribution in [-0.4, -0.2) is 61.9 Å². The van der Waals surface area contributed by atoms with Gasteiger partial charge < -0.3 is 10.0 Å². The maximum Gasteiger partial charge on any atom is 0.254 e. The fraction of sp³-hybridized carbons (Fsp3) is 0.417. The van der Waals surface area contributed by atoms with Gasteiger partial charge in [0.2, 0.25) is 10.0 Å². The lowest BCUT2D eigenvalue weighted by molar-refractivity contribution is 0.00589. The molecule has 0 aromatic heterocycles. The van der Waals surface area contributed by atoms with Gasteiger partial charge in [0.25, 0.3) is 5.91 Å². The average Bonchev–Trinajstić information content (AvgIpc) is 2.34. The van der Waals surface area contributed by atoms with E-state index in [0.29, 0.717) is 18.7 Å². The van der Waals surface area contributed by atoms with Gasteiger partial charge in [0.1, 0.15) is 0 Å². The fourth-order valence-corrected chi connectivity index (χ4v) is 2.69. The largest absolute Gasteiger partial charge is 0.389 e. The van der Waals surface area contributed by atoms with Crippen molar-refractivity contribution in [1.82, 2.24) is 9.21 Å². The number of carbonyl (C=O) groups is 1. The number of aliphatic hydroxyl groups is 1. The molecule has 1 aromatic carbocycles. The summed E-state index contributed by atoms with van der Waals surface area (Å²) in [7, 11) is -0.563. The third kappa shape index (κ3) is 2.63. The third-order valence-corrected chi connectivity index (χ3v) is 4.86. The van der Waals surface area contributed by atoms with E-state index in [1.165, 1.54) is 43.3 Å². The Labute approximate surface area is 112 Å². The van der Waals surface area contributed by atoms with Crippen LogP contribution in [0.5, 0.6) is 0 Å². The highest BCUT2D eigenvalue weighted by Gasteiger charge is 2.29. The molecule has 0 atom stereocenters. The number of amides is 1. The van der Waals surface area contributed by atoms with Crippen molar-refractivity contribution in [1.29, 1.82) is 0 Å². The molecule has 0 saturated carbocycles. The van der Waals surface area contributed by atoms with E-state index in [1.807, 2.05) is 0 Å². The summed E-state index contributed by atoms with van der Waals surface area (Å²) in [5, 5.41) is 9.15. The van der Waals surface area contributed by atoms with Gasteiger partial charge in [-0.05, 0) is 24.3 Å². The Hall–Kier alpha value is -1.44. The lowest BCUT2D eigenvalue weighted by Gasteiger charge is -2.35. The highest BCUT2D eigenvalue weighted by molar-refractivity contribution is 7.89. The number of β-amino-alcohol motifs (C(OH)–C–C–N with tert-alkyl or cyclic N) is 1. The minimum absolute atomic E-state index is 0.151. The van der Waals surface area contributed by atoms with Crippen molar-refractivity contribution in [3.8, 4) is 0 Å². The van der Waals surface area contributed by atoms with Crippen LogP contribution in [-0.2, 0) is 10.0 Å². The van der Waals surface area contributed by atoms with Gasteiger partial charge in [0, 0.05) is 32.7 Å². The predicted octanol–water partition coefficient (Wildman–Crippen LogP) is -0.246. The van der Waals surface area contributed by atoms with Gasteiger partial charge in [-0.25, -0.2) is 12.7 Å². The molecule has 1 amide bonds. The standard InChI is InChI=1S/C12H16N2O4S/c1-13(2)19(17,18)11-5-3-9(4-6-11)12(16)14-7-10(15)8-14/h3-6,10,15H,7-8H2,1-2H3. The maximum atomic E-state index is 11.9. The lowest BCUT2D eigenvalue weighted by Crippen LogP contribution is -2.53. The highest BCUT2D eigenvalue weighted by Crippen LogP contribution is 2.17. The Morgan fingerprint density at radius 3 is 2.21 bits per heavy atom. The predicted molar refractivity (Wildman–Crippen MR) is 69.2 cm³/mol. The monoisotopic (exact) mass is 284 g/mol. The molecule has 19 heavy (non-hydrogen) atoms. The first kappa shape index (κ1) is 14.0. The van der Waals surface area contributed by atoms with E-state index in [2.05, 4.69) is 0 Å². The fourth-order valence-electron chi connectivity index (χ4n) is 1.78. The Balaban J connectivity index is 2.17. The van der Waals surface area contributed by atoms with Crippen LogP contribution in [0.25, 0.3) is 0 Å². The number of aliphatic hydroxyl groups excluding tert-OH is 1. The molecule has 1 N–H and O–H groups in total. The Morgan fingerprint density at radius 1 is 1.26 bits per heavy atom. The number of hydrogen-bond acceptors (Lipinski definition) is 4. The van der Waals surface area contributed by atoms with Crippen LogP contribution >= 0.6 is 0 Å². The van der Waals surface area contributed by atoms with Gasteiger partial charge in [-0.15, -0.1) is 0 Å². The zero-order chi connectivity index (χ0) is 14.2. The molecule has 0 aliphatic carbocycles. The number of rotatable bonds is 3. The minimum atomic E-state index is -3.47. The van der Waals surface area contributed by atoms with Crippen molar-refractivity contribution >= 4 is 15.9 Å². The molecular formula is C12H16N2O4S. The van der Waals surface area contributed by atoms with Gasteiger partial charge in [-0.2, -0.15) is 0 Å². The molecule has 1 aromatic rings. The molecule has 0 bridgehead atoms. The van der Waals surface area contributed by atoms with E-state index in [1.54, 1.807) is 0 Å². The molecule has 1 heterocycles. The molecular weight excluding hydrogens is 268 g/mol. The summed E-state index contributed by atoms with van der Waals surface area (Å²) >= 11 is 0. The molecule has 1 aliphatic heterocycles. The second kappa shape index (κ2) is 4.92. The first-order valence-electron chi connectivity index (χ1n) is 5.82. The molecule has 0 spiro atoms. The SMILES string of the molecule is CN(C)S(=O)(=O)c1ccc(C(=O)N2CC(O)C2)cc1. The van der Waals surface area contributed by atoms with Crippen LogP contribution in [0, 0.1) is 0 Å². The lowest BCUT2D eigenvalue weighted by atomic mass is 10.1. The van der Waals surface area contributed by atoms with E-state index in [9.17, 15) is 13.2 Å². The van der Waals surface area contributed by atoms with Gasteiger partial charge >= 0.3 is 0 Å². The topological polar surface area (TPSA) is 77.9 Å². The molecule has 7 heteroatoms. The normalized spacial score (nSPS) is 16.5. The van der Waals surface area contributed by atoms with Crippen molar-refractivity contribution in [2.75, 3.05) is 27.2 Å². The first-order valence-corrected chi connectivity index (χ1v) is 7.26. The van der Waals surface area contributed by atoms with E-state index in [0.717, 1.165) is 4.31 Å². The Bertz CT molecular complexity index is 574. The van der Waals surface area contributed by atoms with E-state index >= 15 is 0 Å². The van der Waals surface area contributed by atoms with Crippen molar-refractivity contribution < 1.29 is 18.3 Å². The molecule has 6 nitrogen and oxygen atoms in total. The van der Waals surface area contributed by atoms with Crippen LogP contribution in [0.15, 0.2) is 29.2 Å². The van der Waals surface area contributed by atoms with Crippen LogP contribution in [0.4, 0.5) is 0 Å². The van der Waals surface area contributed by atoms with Gasteiger partial charge in [-0.3, -0.25) is 4.79 Å². The van der Waals surface area contributed by atoms with Gasteiger partial charge in [-0.1, -0.05) is 0 Å². The molecule has 1 fully saturated rings. The average molecular weight is 284 g/mol. The summed E-state index contributed by atoms with van der Waals surface area (Å²) in [6.07, 6.45) is -0.447. The highest BCUT2D eigenvalue weighted by atomic mass is 32.2. The summed E-state index contributed by atoms with van der Waals surface area (Å²) < 4.78 is 24.8. The molecule has 1 saturated heterocycles. The van der Waals surface area contributed by atoms with Gasteiger partial charge in [0.05, 0.1) is 11.0 Å². The molecule has 0 unspecified atom stereocenters. The number of likely N-dealkylation sites (tertiary alicyclic amines) is 1. The molecule has 104 valence electrons.